The van der Waals surface area contributed by atoms with Gasteiger partial charge in [0.15, 0.2) is 0 Å². The summed E-state index contributed by atoms with van der Waals surface area (Å²) >= 11 is 2.33. The number of alkyl halides is 1. The number of carbonyl (C=O) groups is 1. The van der Waals surface area contributed by atoms with Gasteiger partial charge in [0.25, 0.3) is 0 Å². The first-order chi connectivity index (χ1) is 7.63. The number of hydrogen-bond acceptors (Lipinski definition) is 2. The summed E-state index contributed by atoms with van der Waals surface area (Å²) in [6, 6.07) is 0.303. The molecule has 1 aliphatic heterocycles. The monoisotopic (exact) mass is 339 g/mol. The molecule has 2 unspecified atom stereocenters. The molecule has 1 amide bonds. The highest BCUT2D eigenvalue weighted by atomic mass is 127. The molecule has 1 saturated heterocycles. The van der Waals surface area contributed by atoms with E-state index in [1.807, 2.05) is 0 Å². The van der Waals surface area contributed by atoms with Gasteiger partial charge in [0.05, 0.1) is 6.10 Å². The van der Waals surface area contributed by atoms with Crippen LogP contribution in [0.4, 0.5) is 0 Å². The molecule has 0 aromatic carbocycles. The van der Waals surface area contributed by atoms with Crippen molar-refractivity contribution in [1.82, 2.24) is 5.32 Å². The average Bonchev–Trinajstić information content (AvgIpc) is 2.75. The molecule has 0 saturated carbocycles. The smallest absolute Gasteiger partial charge is 0.220 e. The molecule has 16 heavy (non-hydrogen) atoms. The second-order valence-electron chi connectivity index (χ2n) is 4.75. The molecule has 1 fully saturated rings. The summed E-state index contributed by atoms with van der Waals surface area (Å²) in [5.74, 6) is 0.675. The molecule has 94 valence electrons. The maximum absolute atomic E-state index is 11.7. The van der Waals surface area contributed by atoms with Crippen molar-refractivity contribution in [3.63, 3.8) is 0 Å². The molecule has 2 atom stereocenters. The summed E-state index contributed by atoms with van der Waals surface area (Å²) in [6.07, 6.45) is 4.06. The van der Waals surface area contributed by atoms with E-state index in [1.54, 1.807) is 0 Å². The van der Waals surface area contributed by atoms with E-state index in [4.69, 9.17) is 4.74 Å². The highest BCUT2D eigenvalue weighted by Gasteiger charge is 2.18. The van der Waals surface area contributed by atoms with Gasteiger partial charge in [-0.2, -0.15) is 0 Å². The van der Waals surface area contributed by atoms with Gasteiger partial charge in [0.1, 0.15) is 0 Å². The molecule has 0 bridgehead atoms. The molecule has 0 aliphatic carbocycles. The summed E-state index contributed by atoms with van der Waals surface area (Å²) in [4.78, 5) is 11.7. The van der Waals surface area contributed by atoms with Crippen molar-refractivity contribution in [3.8, 4) is 0 Å². The fourth-order valence-corrected chi connectivity index (χ4v) is 3.06. The predicted octanol–water partition coefficient (Wildman–Crippen LogP) is 2.52. The molecule has 3 nitrogen and oxygen atoms in total. The van der Waals surface area contributed by atoms with Gasteiger partial charge in [-0.15, -0.1) is 0 Å². The maximum Gasteiger partial charge on any atom is 0.220 e. The van der Waals surface area contributed by atoms with Crippen molar-refractivity contribution in [2.45, 2.75) is 51.7 Å². The second kappa shape index (κ2) is 7.48. The van der Waals surface area contributed by atoms with Crippen molar-refractivity contribution in [2.75, 3.05) is 11.0 Å². The lowest BCUT2D eigenvalue weighted by Gasteiger charge is -2.20. The van der Waals surface area contributed by atoms with Crippen LogP contribution in [0.3, 0.4) is 0 Å². The molecular formula is C12H22INO2. The van der Waals surface area contributed by atoms with E-state index in [0.29, 0.717) is 24.5 Å². The van der Waals surface area contributed by atoms with Crippen molar-refractivity contribution in [3.05, 3.63) is 0 Å². The third-order valence-corrected chi connectivity index (χ3v) is 3.98. The van der Waals surface area contributed by atoms with Crippen LogP contribution in [0.25, 0.3) is 0 Å². The first kappa shape index (κ1) is 14.2. The molecular weight excluding hydrogens is 317 g/mol. The van der Waals surface area contributed by atoms with E-state index in [9.17, 15) is 4.79 Å². The number of carbonyl (C=O) groups excluding carboxylic acids is 1. The largest absolute Gasteiger partial charge is 0.378 e. The Morgan fingerprint density at radius 1 is 1.56 bits per heavy atom. The van der Waals surface area contributed by atoms with Crippen LogP contribution in [0, 0.1) is 5.92 Å². The molecule has 0 radical (unpaired) electrons. The Balaban J connectivity index is 2.18. The maximum atomic E-state index is 11.7. The van der Waals surface area contributed by atoms with Crippen molar-refractivity contribution in [2.24, 2.45) is 5.92 Å². The van der Waals surface area contributed by atoms with Crippen molar-refractivity contribution >= 4 is 28.5 Å². The topological polar surface area (TPSA) is 38.3 Å². The molecule has 1 N–H and O–H groups in total. The lowest BCUT2D eigenvalue weighted by molar-refractivity contribution is -0.122. The Bertz CT molecular complexity index is 215. The zero-order valence-corrected chi connectivity index (χ0v) is 12.3. The first-order valence-corrected chi connectivity index (χ1v) is 7.63. The molecule has 1 heterocycles. The van der Waals surface area contributed by atoms with E-state index in [0.717, 1.165) is 30.3 Å². The van der Waals surface area contributed by atoms with Crippen molar-refractivity contribution in [1.29, 1.82) is 0 Å². The number of amides is 1. The Morgan fingerprint density at radius 3 is 2.81 bits per heavy atom. The minimum Gasteiger partial charge on any atom is -0.378 e. The Morgan fingerprint density at radius 2 is 2.31 bits per heavy atom. The van der Waals surface area contributed by atoms with Crippen LogP contribution in [0.5, 0.6) is 0 Å². The fourth-order valence-electron chi connectivity index (χ4n) is 1.83. The highest BCUT2D eigenvalue weighted by molar-refractivity contribution is 14.1. The molecule has 1 aliphatic rings. The van der Waals surface area contributed by atoms with E-state index in [1.165, 1.54) is 0 Å². The molecule has 0 aromatic heterocycles. The fraction of sp³-hybridized carbons (Fsp3) is 0.917. The average molecular weight is 339 g/mol. The number of nitrogens with one attached hydrogen (secondary N) is 1. The van der Waals surface area contributed by atoms with Gasteiger partial charge in [0, 0.05) is 23.5 Å². The van der Waals surface area contributed by atoms with Crippen LogP contribution >= 0.6 is 22.6 Å². The SMILES string of the molecule is CC(C)C(CI)NC(=O)CCC1CCCO1. The van der Waals surface area contributed by atoms with E-state index >= 15 is 0 Å². The van der Waals surface area contributed by atoms with Crippen LogP contribution in [0.15, 0.2) is 0 Å². The van der Waals surface area contributed by atoms with E-state index < -0.39 is 0 Å². The Labute approximate surface area is 112 Å². The standard InChI is InChI=1S/C12H22INO2/c1-9(2)11(8-13)14-12(15)6-5-10-4-3-7-16-10/h9-11H,3-8H2,1-2H3,(H,14,15). The summed E-state index contributed by atoms with van der Waals surface area (Å²) < 4.78 is 6.47. The minimum atomic E-state index is 0.172. The summed E-state index contributed by atoms with van der Waals surface area (Å²) in [5.41, 5.74) is 0. The predicted molar refractivity (Wildman–Crippen MR) is 73.9 cm³/mol. The number of rotatable bonds is 6. The zero-order chi connectivity index (χ0) is 12.0. The number of halogens is 1. The van der Waals surface area contributed by atoms with E-state index in [-0.39, 0.29) is 5.91 Å². The summed E-state index contributed by atoms with van der Waals surface area (Å²) in [6.45, 7) is 5.15. The second-order valence-corrected chi connectivity index (χ2v) is 5.63. The Hall–Kier alpha value is 0.160. The van der Waals surface area contributed by atoms with Crippen LogP contribution in [0.2, 0.25) is 0 Å². The lowest BCUT2D eigenvalue weighted by Crippen LogP contribution is -2.39. The van der Waals surface area contributed by atoms with Gasteiger partial charge in [-0.3, -0.25) is 4.79 Å². The quantitative estimate of drug-likeness (QED) is 0.597. The van der Waals surface area contributed by atoms with Gasteiger partial charge in [0.2, 0.25) is 5.91 Å². The van der Waals surface area contributed by atoms with Gasteiger partial charge in [-0.1, -0.05) is 36.4 Å². The normalized spacial score (nSPS) is 22.4. The molecule has 0 aromatic rings. The van der Waals surface area contributed by atoms with Crippen LogP contribution < -0.4 is 5.32 Å². The number of ether oxygens (including phenoxy) is 1. The minimum absolute atomic E-state index is 0.172. The van der Waals surface area contributed by atoms with Crippen LogP contribution in [0.1, 0.15) is 39.5 Å². The molecule has 1 rings (SSSR count). The highest BCUT2D eigenvalue weighted by Crippen LogP contribution is 2.16. The van der Waals surface area contributed by atoms with E-state index in [2.05, 4.69) is 41.8 Å². The van der Waals surface area contributed by atoms with Crippen LogP contribution in [-0.2, 0) is 9.53 Å². The van der Waals surface area contributed by atoms with Gasteiger partial charge < -0.3 is 10.1 Å². The van der Waals surface area contributed by atoms with Gasteiger partial charge in [-0.05, 0) is 25.2 Å². The zero-order valence-electron chi connectivity index (χ0n) is 10.2. The third kappa shape index (κ3) is 4.99. The summed E-state index contributed by atoms with van der Waals surface area (Å²) in [7, 11) is 0. The summed E-state index contributed by atoms with van der Waals surface area (Å²) in [5, 5.41) is 3.09. The first-order valence-electron chi connectivity index (χ1n) is 6.10. The van der Waals surface area contributed by atoms with Crippen molar-refractivity contribution < 1.29 is 9.53 Å². The molecule has 0 spiro atoms. The van der Waals surface area contributed by atoms with Gasteiger partial charge >= 0.3 is 0 Å². The van der Waals surface area contributed by atoms with Crippen LogP contribution in [-0.4, -0.2) is 29.1 Å². The van der Waals surface area contributed by atoms with Gasteiger partial charge in [-0.25, -0.2) is 0 Å². The third-order valence-electron chi connectivity index (χ3n) is 3.03. The Kier molecular flexibility index (Phi) is 6.65. The lowest BCUT2D eigenvalue weighted by atomic mass is 10.1. The molecule has 4 heteroatoms. The number of hydrogen-bond donors (Lipinski definition) is 1.